The van der Waals surface area contributed by atoms with Gasteiger partial charge in [0.15, 0.2) is 0 Å². The highest BCUT2D eigenvalue weighted by Gasteiger charge is 1.40. The molecule has 0 fully saturated rings. The Labute approximate surface area is 31.2 Å². The molecule has 28 valence electrons. The third kappa shape index (κ3) is 3.34. The van der Waals surface area contributed by atoms with Gasteiger partial charge in [-0.2, -0.15) is 10.2 Å². The normalized spacial score (nSPS) is 9.00. The molecule has 2 nitrogen and oxygen atoms in total. The largest absolute Gasteiger partial charge is 0.167 e. The minimum Gasteiger partial charge on any atom is -0.167 e. The molecule has 0 aromatic rings. The van der Waals surface area contributed by atoms with E-state index in [0.717, 1.165) is 0 Å². The lowest BCUT2D eigenvalue weighted by Crippen LogP contribution is -1.48. The van der Waals surface area contributed by atoms with E-state index in [9.17, 15) is 0 Å². The zero-order valence-electron chi connectivity index (χ0n) is 3.18. The van der Waals surface area contributed by atoms with Gasteiger partial charge in [-0.05, 0) is 6.92 Å². The predicted octanol–water partition coefficient (Wildman–Crippen LogP) is 0.693. The van der Waals surface area contributed by atoms with Crippen LogP contribution in [0.4, 0.5) is 0 Å². The molecule has 0 aliphatic heterocycles. The van der Waals surface area contributed by atoms with Crippen LogP contribution >= 0.6 is 0 Å². The van der Waals surface area contributed by atoms with Crippen LogP contribution in [0, 0.1) is 0 Å². The molecule has 0 rings (SSSR count). The van der Waals surface area contributed by atoms with Crippen molar-refractivity contribution in [1.29, 1.82) is 0 Å². The second kappa shape index (κ2) is 3.34. The molecule has 0 atom stereocenters. The van der Waals surface area contributed by atoms with E-state index in [-0.39, 0.29) is 0 Å². The fourth-order valence-electron chi connectivity index (χ4n) is 0.0816. The monoisotopic (exact) mass is 70.1 g/mol. The van der Waals surface area contributed by atoms with Crippen LogP contribution in [-0.4, -0.2) is 12.9 Å². The fourth-order valence-corrected chi connectivity index (χ4v) is 0.0816. The van der Waals surface area contributed by atoms with E-state index in [1.54, 1.807) is 13.1 Å². The van der Waals surface area contributed by atoms with Crippen molar-refractivity contribution in [1.82, 2.24) is 0 Å². The first kappa shape index (κ1) is 4.34. The molecule has 0 saturated carbocycles. The lowest BCUT2D eigenvalue weighted by atomic mass is 10.9. The summed E-state index contributed by atoms with van der Waals surface area (Å²) in [5.41, 5.74) is 0. The summed E-state index contributed by atoms with van der Waals surface area (Å²) in [4.78, 5) is 0. The van der Waals surface area contributed by atoms with Crippen molar-refractivity contribution in [2.24, 2.45) is 10.2 Å². The molecular formula is C3H6N2. The second-order valence-corrected chi connectivity index (χ2v) is 0.515. The molecule has 0 spiro atoms. The Morgan fingerprint density at radius 2 is 2.40 bits per heavy atom. The fraction of sp³-hybridized carbons (Fsp3) is 0.333. The van der Waals surface area contributed by atoms with Crippen molar-refractivity contribution in [3.8, 4) is 0 Å². The molecule has 0 heterocycles. The van der Waals surface area contributed by atoms with Crippen LogP contribution in [0.5, 0.6) is 0 Å². The Balaban J connectivity index is 2.92. The predicted molar refractivity (Wildman–Crippen MR) is 23.7 cm³/mol. The van der Waals surface area contributed by atoms with Gasteiger partial charge >= 0.3 is 0 Å². The van der Waals surface area contributed by atoms with Crippen molar-refractivity contribution >= 4 is 12.9 Å². The van der Waals surface area contributed by atoms with E-state index in [4.69, 9.17) is 0 Å². The molecule has 0 N–H and O–H groups in total. The highest BCUT2D eigenvalue weighted by molar-refractivity contribution is 5.53. The topological polar surface area (TPSA) is 24.7 Å². The Hall–Kier alpha value is -0.660. The molecule has 5 heavy (non-hydrogen) atoms. The molecule has 0 aromatic carbocycles. The summed E-state index contributed by atoms with van der Waals surface area (Å²) in [6.45, 7) is 4.89. The van der Waals surface area contributed by atoms with Gasteiger partial charge in [0.1, 0.15) is 0 Å². The van der Waals surface area contributed by atoms with Crippen LogP contribution in [0.3, 0.4) is 0 Å². The van der Waals surface area contributed by atoms with Crippen LogP contribution in [0.15, 0.2) is 10.2 Å². The average molecular weight is 70.1 g/mol. The molecular weight excluding hydrogens is 64.0 g/mol. The Kier molecular flexibility index (Phi) is 2.90. The van der Waals surface area contributed by atoms with Gasteiger partial charge in [0.05, 0.1) is 0 Å². The maximum absolute atomic E-state index is 3.36. The first-order chi connectivity index (χ1) is 2.41. The molecule has 0 radical (unpaired) electrons. The molecule has 0 bridgehead atoms. The minimum absolute atomic E-state index is 1.58. The Bertz CT molecular complexity index is 46.9. The third-order valence-corrected chi connectivity index (χ3v) is 0.197. The van der Waals surface area contributed by atoms with Gasteiger partial charge in [0.2, 0.25) is 0 Å². The van der Waals surface area contributed by atoms with Gasteiger partial charge in [-0.3, -0.25) is 0 Å². The van der Waals surface area contributed by atoms with E-state index in [1.807, 2.05) is 0 Å². The van der Waals surface area contributed by atoms with Crippen LogP contribution < -0.4 is 0 Å². The van der Waals surface area contributed by atoms with E-state index >= 15 is 0 Å². The zero-order valence-corrected chi connectivity index (χ0v) is 3.18. The lowest BCUT2D eigenvalue weighted by molar-refractivity contribution is 1.28. The highest BCUT2D eigenvalue weighted by atomic mass is 15.2. The molecule has 0 aliphatic carbocycles. The summed E-state index contributed by atoms with van der Waals surface area (Å²) >= 11 is 0. The van der Waals surface area contributed by atoms with Crippen molar-refractivity contribution in [2.45, 2.75) is 6.92 Å². The molecule has 0 aliphatic rings. The van der Waals surface area contributed by atoms with Gasteiger partial charge in [-0.25, -0.2) is 0 Å². The van der Waals surface area contributed by atoms with Crippen molar-refractivity contribution in [3.63, 3.8) is 0 Å². The van der Waals surface area contributed by atoms with Gasteiger partial charge in [-0.1, -0.05) is 0 Å². The van der Waals surface area contributed by atoms with E-state index in [1.165, 1.54) is 0 Å². The van der Waals surface area contributed by atoms with Crippen LogP contribution in [0.2, 0.25) is 0 Å². The van der Waals surface area contributed by atoms with Crippen LogP contribution in [-0.2, 0) is 0 Å². The number of nitrogens with zero attached hydrogens (tertiary/aromatic N) is 2. The summed E-state index contributed by atoms with van der Waals surface area (Å²) in [5, 5.41) is 6.53. The second-order valence-electron chi connectivity index (χ2n) is 0.515. The third-order valence-electron chi connectivity index (χ3n) is 0.197. The van der Waals surface area contributed by atoms with Gasteiger partial charge in [0, 0.05) is 12.9 Å². The van der Waals surface area contributed by atoms with Gasteiger partial charge in [0.25, 0.3) is 0 Å². The van der Waals surface area contributed by atoms with Crippen molar-refractivity contribution in [3.05, 3.63) is 0 Å². The highest BCUT2D eigenvalue weighted by Crippen LogP contribution is 1.55. The molecule has 0 amide bonds. The summed E-state index contributed by atoms with van der Waals surface area (Å²) in [6.07, 6.45) is 1.58. The smallest absolute Gasteiger partial charge is 0.0239 e. The molecule has 2 heteroatoms. The molecule has 0 unspecified atom stereocenters. The quantitative estimate of drug-likeness (QED) is 0.320. The first-order valence-electron chi connectivity index (χ1n) is 1.35. The molecule has 0 aromatic heterocycles. The van der Waals surface area contributed by atoms with Crippen molar-refractivity contribution < 1.29 is 0 Å². The number of hydrogen-bond donors (Lipinski definition) is 0. The van der Waals surface area contributed by atoms with E-state index in [2.05, 4.69) is 16.9 Å². The van der Waals surface area contributed by atoms with E-state index in [0.29, 0.717) is 0 Å². The first-order valence-corrected chi connectivity index (χ1v) is 1.35. The van der Waals surface area contributed by atoms with Gasteiger partial charge in [-0.15, -0.1) is 0 Å². The van der Waals surface area contributed by atoms with Gasteiger partial charge < -0.3 is 0 Å². The summed E-state index contributed by atoms with van der Waals surface area (Å²) in [7, 11) is 0. The summed E-state index contributed by atoms with van der Waals surface area (Å²) in [6, 6.07) is 0. The summed E-state index contributed by atoms with van der Waals surface area (Å²) < 4.78 is 0. The Morgan fingerprint density at radius 3 is 2.40 bits per heavy atom. The Morgan fingerprint density at radius 1 is 1.80 bits per heavy atom. The summed E-state index contributed by atoms with van der Waals surface area (Å²) in [5.74, 6) is 0. The van der Waals surface area contributed by atoms with Crippen LogP contribution in [0.1, 0.15) is 6.92 Å². The minimum atomic E-state index is 1.58. The van der Waals surface area contributed by atoms with E-state index < -0.39 is 0 Å². The number of rotatable bonds is 1. The number of hydrogen-bond acceptors (Lipinski definition) is 2. The lowest BCUT2D eigenvalue weighted by Gasteiger charge is -1.58. The van der Waals surface area contributed by atoms with Crippen molar-refractivity contribution in [2.75, 3.05) is 0 Å². The maximum Gasteiger partial charge on any atom is 0.0239 e. The zero-order chi connectivity index (χ0) is 4.12. The van der Waals surface area contributed by atoms with Crippen LogP contribution in [0.25, 0.3) is 0 Å². The SMILES string of the molecule is C=N/N=C/C. The maximum atomic E-state index is 3.36. The molecule has 0 saturated heterocycles. The standard InChI is InChI=1S/C3H6N2/c1-3-5-4-2/h3H,2H2,1H3/b5-3+. The average Bonchev–Trinajstić information content (AvgIpc) is 1.41.